The fourth-order valence-electron chi connectivity index (χ4n) is 2.70. The van der Waals surface area contributed by atoms with E-state index in [0.29, 0.717) is 0 Å². The second-order valence-electron chi connectivity index (χ2n) is 5.30. The lowest BCUT2D eigenvalue weighted by molar-refractivity contribution is 0.265. The van der Waals surface area contributed by atoms with Gasteiger partial charge < -0.3 is 5.11 Å². The Morgan fingerprint density at radius 3 is 1.96 bits per heavy atom. The first-order valence-electron chi connectivity index (χ1n) is 7.58. The van der Waals surface area contributed by atoms with Gasteiger partial charge in [-0.1, -0.05) is 60.7 Å². The summed E-state index contributed by atoms with van der Waals surface area (Å²) in [7, 11) is 0. The van der Waals surface area contributed by atoms with E-state index in [4.69, 9.17) is 5.11 Å². The van der Waals surface area contributed by atoms with Gasteiger partial charge in [-0.2, -0.15) is 5.10 Å². The Hall–Kier alpha value is -2.72. The van der Waals surface area contributed by atoms with Gasteiger partial charge in [-0.15, -0.1) is 0 Å². The molecule has 116 valence electrons. The predicted octanol–water partition coefficient (Wildman–Crippen LogP) is 2.42. The smallest absolute Gasteiger partial charge is 0.266 e. The maximum Gasteiger partial charge on any atom is 0.266 e. The molecule has 0 aliphatic rings. The number of hydrogen-bond acceptors (Lipinski definition) is 3. The van der Waals surface area contributed by atoms with Crippen molar-refractivity contribution in [1.29, 1.82) is 0 Å². The Kier molecular flexibility index (Phi) is 4.64. The van der Waals surface area contributed by atoms with Crippen molar-refractivity contribution >= 4 is 0 Å². The Bertz CT molecular complexity index is 774. The molecule has 0 saturated heterocycles. The first-order chi connectivity index (χ1) is 11.3. The molecule has 2 aromatic carbocycles. The van der Waals surface area contributed by atoms with Crippen LogP contribution in [0.5, 0.6) is 0 Å². The summed E-state index contributed by atoms with van der Waals surface area (Å²) in [6.07, 6.45) is 0. The minimum atomic E-state index is -0.206. The van der Waals surface area contributed by atoms with Crippen LogP contribution in [0.15, 0.2) is 77.6 Å². The van der Waals surface area contributed by atoms with Gasteiger partial charge in [0.15, 0.2) is 0 Å². The Balaban J connectivity index is 2.13. The van der Waals surface area contributed by atoms with E-state index in [1.165, 1.54) is 10.7 Å². The quantitative estimate of drug-likeness (QED) is 0.787. The number of hydrogen-bond donors (Lipinski definition) is 1. The summed E-state index contributed by atoms with van der Waals surface area (Å²) in [6, 6.07) is 23.4. The summed E-state index contributed by atoms with van der Waals surface area (Å²) in [4.78, 5) is 11.8. The highest BCUT2D eigenvalue weighted by Crippen LogP contribution is 2.29. The van der Waals surface area contributed by atoms with E-state index in [9.17, 15) is 4.79 Å². The number of nitrogens with zero attached hydrogens (tertiary/aromatic N) is 2. The van der Waals surface area contributed by atoms with Gasteiger partial charge in [0.2, 0.25) is 0 Å². The zero-order valence-corrected chi connectivity index (χ0v) is 12.7. The summed E-state index contributed by atoms with van der Waals surface area (Å²) in [5, 5.41) is 13.6. The van der Waals surface area contributed by atoms with Gasteiger partial charge in [-0.3, -0.25) is 4.79 Å². The topological polar surface area (TPSA) is 55.1 Å². The van der Waals surface area contributed by atoms with Gasteiger partial charge in [0.1, 0.15) is 0 Å². The van der Waals surface area contributed by atoms with Gasteiger partial charge in [-0.25, -0.2) is 4.68 Å². The van der Waals surface area contributed by atoms with Crippen LogP contribution in [0, 0.1) is 0 Å². The summed E-state index contributed by atoms with van der Waals surface area (Å²) < 4.78 is 1.31. The Labute approximate surface area is 134 Å². The standard InChI is InChI=1S/C19H18N2O2/c22-14-13-21-18(23)12-11-17(20-21)19(15-7-3-1-4-8-15)16-9-5-2-6-10-16/h1-12,19,22H,13-14H2. The highest BCUT2D eigenvalue weighted by atomic mass is 16.3. The predicted molar refractivity (Wildman–Crippen MR) is 89.4 cm³/mol. The Morgan fingerprint density at radius 2 is 1.43 bits per heavy atom. The summed E-state index contributed by atoms with van der Waals surface area (Å²) >= 11 is 0. The summed E-state index contributed by atoms with van der Waals surface area (Å²) in [5.41, 5.74) is 2.80. The molecule has 0 unspecified atom stereocenters. The van der Waals surface area contributed by atoms with E-state index >= 15 is 0 Å². The van der Waals surface area contributed by atoms with Gasteiger partial charge in [0.05, 0.1) is 24.8 Å². The third-order valence-corrected chi connectivity index (χ3v) is 3.76. The van der Waals surface area contributed by atoms with Crippen LogP contribution in [0.1, 0.15) is 22.7 Å². The van der Waals surface area contributed by atoms with Gasteiger partial charge in [0, 0.05) is 6.07 Å². The van der Waals surface area contributed by atoms with Crippen molar-refractivity contribution in [3.8, 4) is 0 Å². The SMILES string of the molecule is O=c1ccc(C(c2ccccc2)c2ccccc2)nn1CCO. The number of aliphatic hydroxyl groups excluding tert-OH is 1. The summed E-state index contributed by atoms with van der Waals surface area (Å²) in [5.74, 6) is -0.0528. The molecule has 4 heteroatoms. The minimum Gasteiger partial charge on any atom is -0.394 e. The van der Waals surface area contributed by atoms with Crippen LogP contribution in [-0.2, 0) is 6.54 Å². The van der Waals surface area contributed by atoms with Crippen LogP contribution in [0.2, 0.25) is 0 Å². The monoisotopic (exact) mass is 306 g/mol. The molecular formula is C19H18N2O2. The molecule has 0 amide bonds. The summed E-state index contributed by atoms with van der Waals surface area (Å²) in [6.45, 7) is 0.0840. The molecule has 0 fully saturated rings. The lowest BCUT2D eigenvalue weighted by Crippen LogP contribution is -2.25. The molecule has 4 nitrogen and oxygen atoms in total. The molecular weight excluding hydrogens is 288 g/mol. The minimum absolute atomic E-state index is 0.0528. The number of benzene rings is 2. The van der Waals surface area contributed by atoms with Crippen molar-refractivity contribution in [2.45, 2.75) is 12.5 Å². The molecule has 0 aliphatic heterocycles. The molecule has 0 radical (unpaired) electrons. The van der Waals surface area contributed by atoms with Crippen LogP contribution in [0.25, 0.3) is 0 Å². The second kappa shape index (κ2) is 7.03. The molecule has 1 N–H and O–H groups in total. The van der Waals surface area contributed by atoms with Crippen LogP contribution >= 0.6 is 0 Å². The first kappa shape index (κ1) is 15.2. The van der Waals surface area contributed by atoms with Gasteiger partial charge in [-0.05, 0) is 17.2 Å². The zero-order valence-electron chi connectivity index (χ0n) is 12.7. The highest BCUT2D eigenvalue weighted by Gasteiger charge is 2.18. The zero-order chi connectivity index (χ0) is 16.1. The average molecular weight is 306 g/mol. The van der Waals surface area contributed by atoms with Crippen LogP contribution < -0.4 is 5.56 Å². The third kappa shape index (κ3) is 3.38. The molecule has 3 rings (SSSR count). The second-order valence-corrected chi connectivity index (χ2v) is 5.30. The molecule has 0 saturated carbocycles. The fraction of sp³-hybridized carbons (Fsp3) is 0.158. The average Bonchev–Trinajstić information content (AvgIpc) is 2.60. The molecule has 1 aromatic heterocycles. The van der Waals surface area contributed by atoms with Crippen molar-refractivity contribution in [2.75, 3.05) is 6.61 Å². The maximum absolute atomic E-state index is 11.8. The van der Waals surface area contributed by atoms with E-state index in [0.717, 1.165) is 16.8 Å². The van der Waals surface area contributed by atoms with E-state index < -0.39 is 0 Å². The van der Waals surface area contributed by atoms with Gasteiger partial charge >= 0.3 is 0 Å². The maximum atomic E-state index is 11.8. The van der Waals surface area contributed by atoms with Crippen LogP contribution in [0.4, 0.5) is 0 Å². The first-order valence-corrected chi connectivity index (χ1v) is 7.58. The molecule has 23 heavy (non-hydrogen) atoms. The van der Waals surface area contributed by atoms with E-state index in [1.54, 1.807) is 6.07 Å². The van der Waals surface area contributed by atoms with Crippen molar-refractivity contribution in [3.63, 3.8) is 0 Å². The van der Waals surface area contributed by atoms with Crippen molar-refractivity contribution < 1.29 is 5.11 Å². The largest absolute Gasteiger partial charge is 0.394 e. The Morgan fingerprint density at radius 1 is 0.870 bits per heavy atom. The van der Waals surface area contributed by atoms with Crippen LogP contribution in [-0.4, -0.2) is 21.5 Å². The van der Waals surface area contributed by atoms with E-state index in [2.05, 4.69) is 29.4 Å². The van der Waals surface area contributed by atoms with Crippen molar-refractivity contribution in [3.05, 3.63) is 100.0 Å². The molecule has 0 spiro atoms. The third-order valence-electron chi connectivity index (χ3n) is 3.76. The fourth-order valence-corrected chi connectivity index (χ4v) is 2.70. The molecule has 0 bridgehead atoms. The number of aromatic nitrogens is 2. The number of rotatable bonds is 5. The number of aliphatic hydroxyl groups is 1. The van der Waals surface area contributed by atoms with Gasteiger partial charge in [0.25, 0.3) is 5.56 Å². The van der Waals surface area contributed by atoms with E-state index in [-0.39, 0.29) is 24.6 Å². The normalized spacial score (nSPS) is 10.9. The highest BCUT2D eigenvalue weighted by molar-refractivity contribution is 5.39. The molecule has 1 heterocycles. The van der Waals surface area contributed by atoms with Crippen molar-refractivity contribution in [2.24, 2.45) is 0 Å². The van der Waals surface area contributed by atoms with E-state index in [1.807, 2.05) is 36.4 Å². The lowest BCUT2D eigenvalue weighted by atomic mass is 9.88. The molecule has 0 aliphatic carbocycles. The van der Waals surface area contributed by atoms with Crippen LogP contribution in [0.3, 0.4) is 0 Å². The van der Waals surface area contributed by atoms with Crippen molar-refractivity contribution in [1.82, 2.24) is 9.78 Å². The molecule has 0 atom stereocenters. The lowest BCUT2D eigenvalue weighted by Gasteiger charge is -2.18. The molecule has 3 aromatic rings.